The number of likely N-dealkylation sites (tertiary alicyclic amines) is 1. The molecule has 0 radical (unpaired) electrons. The number of thiophene rings is 1. The molecule has 9 aromatic carbocycles. The lowest BCUT2D eigenvalue weighted by Gasteiger charge is -2.27. The molecule has 2 N–H and O–H groups in total. The number of carbonyl (C=O) groups is 4. The summed E-state index contributed by atoms with van der Waals surface area (Å²) in [5.74, 6) is 0.179. The van der Waals surface area contributed by atoms with Crippen LogP contribution in [0.3, 0.4) is 0 Å². The van der Waals surface area contributed by atoms with Crippen LogP contribution >= 0.6 is 43.2 Å². The van der Waals surface area contributed by atoms with E-state index in [0.29, 0.717) is 117 Å². The summed E-state index contributed by atoms with van der Waals surface area (Å²) in [6.45, 7) is 24.3. The van der Waals surface area contributed by atoms with E-state index in [1.807, 2.05) is 211 Å². The zero-order valence-electron chi connectivity index (χ0n) is 74.7. The van der Waals surface area contributed by atoms with Gasteiger partial charge in [0.05, 0.1) is 62.9 Å². The molecule has 1 saturated heterocycles. The molecule has 0 spiro atoms. The van der Waals surface area contributed by atoms with E-state index in [-0.39, 0.29) is 85.3 Å². The standard InChI is InChI=1S/C35H40O7.C34H39NO6.C18H16BrNO3S.C16H14BrNO3S2.CH4/c1-21(2)39-14-15-40-28-11-8-24(9-12-28)33-26(16-27(36)19-29-22(3)6-5-7-23(29)4)17-30(34(33)35(37)38)25-10-13-31-32(18-25)42-20-41-31;1-4-16-39-27-13-10-24(11-14-27)33-32(34(37)38)29(25-12-15-30-31(17-25)41-21-40-30)20-35(33)19-26(36)18-28-22(5-2)8-7-9-23(28)6-3;1-12-3-5-14(6-4-12)15-7-9-16(10-8-15)24(21,22)11-17-18(19)13(2)20-23-17;1-10-3-5-12(6-4-10)14-7-8-15(22-14)23(19,20)9-13-16(17)11(2)18-21-13;/h5-13,18,21,26,30,33-34H,14-17,19-20H2,1-4H3,(H,37,38);7-15,17,29,32-33H,4-6,16,18-21H2,1-3H3,(H,37,38);3-10H,11H2,1-2H3;3-8H,9H2,1-2H3;1H4/t26?,30-,33-,34-;29-,32-,33+;;;/m11.../s1. The second-order valence-electron chi connectivity index (χ2n) is 33.5. The third kappa shape index (κ3) is 24.6. The largest absolute Gasteiger partial charge is 0.494 e. The number of hydrogen-bond acceptors (Lipinski definition) is 21. The fourth-order valence-electron chi connectivity index (χ4n) is 17.3. The zero-order chi connectivity index (χ0) is 92.7. The van der Waals surface area contributed by atoms with Crippen molar-refractivity contribution in [1.29, 1.82) is 0 Å². The second kappa shape index (κ2) is 44.9. The Balaban J connectivity index is 0.000000163. The molecule has 3 aromatic heterocycles. The highest BCUT2D eigenvalue weighted by Gasteiger charge is 2.50. The van der Waals surface area contributed by atoms with E-state index in [9.17, 15) is 46.2 Å². The fraction of sp³-hybridized carbons (Fsp3) is 0.346. The Hall–Kier alpha value is -11.0. The monoisotopic (exact) mass is 1960 g/mol. The molecule has 12 aromatic rings. The summed E-state index contributed by atoms with van der Waals surface area (Å²) in [6.07, 6.45) is 4.35. The summed E-state index contributed by atoms with van der Waals surface area (Å²) < 4.78 is 101. The van der Waals surface area contributed by atoms with Gasteiger partial charge in [-0.25, -0.2) is 16.8 Å². The maximum Gasteiger partial charge on any atom is 0.309 e. The Morgan fingerprint density at radius 2 is 1.00 bits per heavy atom. The van der Waals surface area contributed by atoms with Crippen LogP contribution in [-0.2, 0) is 80.8 Å². The Kier molecular flexibility index (Phi) is 33.9. The van der Waals surface area contributed by atoms with Gasteiger partial charge in [-0.3, -0.25) is 24.1 Å². The minimum Gasteiger partial charge on any atom is -0.494 e. The summed E-state index contributed by atoms with van der Waals surface area (Å²) >= 11 is 7.87. The number of nitrogens with zero attached hydrogens (tertiary/aromatic N) is 3. The highest BCUT2D eigenvalue weighted by Crippen LogP contribution is 2.55. The van der Waals surface area contributed by atoms with Gasteiger partial charge in [0.15, 0.2) is 60.0 Å². The number of sulfone groups is 2. The first-order valence-electron chi connectivity index (χ1n) is 43.6. The molecule has 6 heterocycles. The number of aryl methyl sites for hydroxylation is 8. The van der Waals surface area contributed by atoms with Crippen LogP contribution in [-0.4, -0.2) is 118 Å². The summed E-state index contributed by atoms with van der Waals surface area (Å²) in [5.41, 5.74) is 17.0. The predicted molar refractivity (Wildman–Crippen MR) is 514 cm³/mol. The molecule has 1 unspecified atom stereocenters. The molecule has 690 valence electrons. The molecule has 27 heteroatoms. The van der Waals surface area contributed by atoms with E-state index in [0.717, 1.165) is 91.1 Å². The van der Waals surface area contributed by atoms with Gasteiger partial charge in [-0.05, 0) is 270 Å². The summed E-state index contributed by atoms with van der Waals surface area (Å²) in [4.78, 5) is 56.3. The molecule has 1 aliphatic carbocycles. The normalized spacial score (nSPS) is 17.2. The van der Waals surface area contributed by atoms with Gasteiger partial charge < -0.3 is 52.4 Å². The molecule has 22 nitrogen and oxygen atoms in total. The number of aliphatic carboxylic acids is 2. The van der Waals surface area contributed by atoms with Gasteiger partial charge in [-0.15, -0.1) is 11.3 Å². The van der Waals surface area contributed by atoms with Gasteiger partial charge in [0, 0.05) is 48.6 Å². The van der Waals surface area contributed by atoms with Gasteiger partial charge in [-0.2, -0.15) is 0 Å². The van der Waals surface area contributed by atoms with E-state index >= 15 is 0 Å². The minimum absolute atomic E-state index is 0. The minimum atomic E-state index is -3.49. The summed E-state index contributed by atoms with van der Waals surface area (Å²) in [7, 11) is -6.95. The Morgan fingerprint density at radius 1 is 0.519 bits per heavy atom. The predicted octanol–water partition coefficient (Wildman–Crippen LogP) is 22.7. The van der Waals surface area contributed by atoms with Gasteiger partial charge in [0.2, 0.25) is 13.6 Å². The van der Waals surface area contributed by atoms with Crippen molar-refractivity contribution in [3.05, 3.63) is 305 Å². The highest BCUT2D eigenvalue weighted by atomic mass is 79.9. The van der Waals surface area contributed by atoms with Gasteiger partial charge in [0.1, 0.15) is 39.6 Å². The number of aromatic nitrogens is 2. The van der Waals surface area contributed by atoms with Crippen LogP contribution in [0.25, 0.3) is 21.6 Å². The smallest absolute Gasteiger partial charge is 0.309 e. The van der Waals surface area contributed by atoms with Crippen LogP contribution in [0.5, 0.6) is 34.5 Å². The van der Waals surface area contributed by atoms with E-state index in [2.05, 4.69) is 86.0 Å². The van der Waals surface area contributed by atoms with E-state index < -0.39 is 49.5 Å². The first kappa shape index (κ1) is 99.0. The SMILES string of the molecule is C.CCCOc1ccc([C@H]2[C@H](C(=O)O)[C@@H](c3ccc4c(c3)OCO4)CN2CC(=O)Cc2c(CC)cccc2CC)cc1.Cc1ccc(-c2ccc(S(=O)(=O)Cc3onc(C)c3Br)cc2)cc1.Cc1ccc(-c2ccc(S(=O)(=O)Cc3onc(C)c3Br)s2)cc1.Cc1cccc(C)c1CC(=O)CC1C[C@H](c2ccc3c(c2)OCO3)[C@@H](C(=O)O)[C@@H]1c1ccc(OCCOC(C)C)cc1. The van der Waals surface area contributed by atoms with Crippen molar-refractivity contribution in [2.24, 2.45) is 17.8 Å². The summed E-state index contributed by atoms with van der Waals surface area (Å²) in [5, 5.41) is 28.7. The number of carbonyl (C=O) groups excluding carboxylic acids is 2. The molecule has 131 heavy (non-hydrogen) atoms. The van der Waals surface area contributed by atoms with Crippen molar-refractivity contribution in [2.75, 3.05) is 46.5 Å². The van der Waals surface area contributed by atoms with Gasteiger partial charge in [-0.1, -0.05) is 183 Å². The Labute approximate surface area is 788 Å². The first-order valence-corrected chi connectivity index (χ1v) is 49.3. The molecular formula is C104H113Br2N3O19S3. The number of fused-ring (bicyclic) bond motifs is 2. The maximum absolute atomic E-state index is 13.7. The van der Waals surface area contributed by atoms with Crippen molar-refractivity contribution in [3.8, 4) is 56.1 Å². The molecule has 1 saturated carbocycles. The third-order valence-corrected chi connectivity index (χ3v) is 31.0. The highest BCUT2D eigenvalue weighted by molar-refractivity contribution is 9.11. The quantitative estimate of drug-likeness (QED) is 0.0370. The third-order valence-electron chi connectivity index (χ3n) is 24.0. The Bertz CT molecular complexity index is 6150. The number of carboxylic acid groups (broad SMARTS) is 2. The first-order chi connectivity index (χ1) is 62.4. The summed E-state index contributed by atoms with van der Waals surface area (Å²) in [6, 6.07) is 65.0. The van der Waals surface area contributed by atoms with Crippen molar-refractivity contribution in [2.45, 2.75) is 179 Å². The molecule has 7 atom stereocenters. The van der Waals surface area contributed by atoms with Crippen molar-refractivity contribution in [1.82, 2.24) is 15.2 Å². The molecular weight excluding hydrogens is 1850 g/mol. The van der Waals surface area contributed by atoms with Crippen LogP contribution in [0.1, 0.15) is 175 Å². The van der Waals surface area contributed by atoms with Crippen molar-refractivity contribution < 1.29 is 88.4 Å². The lowest BCUT2D eigenvalue weighted by Crippen LogP contribution is -2.33. The van der Waals surface area contributed by atoms with Crippen LogP contribution in [0.2, 0.25) is 0 Å². The molecule has 16 rings (SSSR count). The van der Waals surface area contributed by atoms with E-state index in [1.54, 1.807) is 32.0 Å². The number of hydrogen-bond donors (Lipinski definition) is 2. The lowest BCUT2D eigenvalue weighted by molar-refractivity contribution is -0.144. The zero-order valence-corrected chi connectivity index (χ0v) is 80.3. The molecule has 3 aliphatic heterocycles. The number of Topliss-reactive ketones (excluding diaryl/α,β-unsaturated/α-hetero) is 2. The van der Waals surface area contributed by atoms with Crippen molar-refractivity contribution in [3.63, 3.8) is 0 Å². The van der Waals surface area contributed by atoms with E-state index in [4.69, 9.17) is 42.2 Å². The van der Waals surface area contributed by atoms with Crippen molar-refractivity contribution >= 4 is 86.4 Å². The lowest BCUT2D eigenvalue weighted by atomic mass is 9.78. The van der Waals surface area contributed by atoms with Crippen LogP contribution in [0.4, 0.5) is 0 Å². The molecule has 0 bridgehead atoms. The van der Waals surface area contributed by atoms with Crippen LogP contribution in [0, 0.1) is 59.3 Å². The topological polar surface area (TPSA) is 297 Å². The van der Waals surface area contributed by atoms with Crippen LogP contribution < -0.4 is 28.4 Å². The fourth-order valence-corrected chi connectivity index (χ4v) is 22.2. The van der Waals surface area contributed by atoms with Crippen LogP contribution in [0.15, 0.2) is 233 Å². The number of rotatable bonds is 32. The molecule has 2 fully saturated rings. The average molecular weight is 1970 g/mol. The Morgan fingerprint density at radius 3 is 1.51 bits per heavy atom. The number of carboxylic acids is 2. The second-order valence-corrected chi connectivity index (χ2v) is 40.4. The molecule has 4 aliphatic rings. The average Bonchev–Trinajstić information content (AvgIpc) is 1.61. The van der Waals surface area contributed by atoms with Gasteiger partial charge in [0.25, 0.3) is 0 Å². The number of halogens is 2. The van der Waals surface area contributed by atoms with Gasteiger partial charge >= 0.3 is 11.9 Å². The molecule has 0 amide bonds. The number of ether oxygens (including phenoxy) is 7. The number of benzene rings is 9. The van der Waals surface area contributed by atoms with E-state index in [1.165, 1.54) is 33.6 Å². The maximum atomic E-state index is 13.7. The number of ketones is 2.